The normalized spacial score (nSPS) is 41.1. The lowest BCUT2D eigenvalue weighted by Gasteiger charge is -2.41. The van der Waals surface area contributed by atoms with E-state index in [1.807, 2.05) is 0 Å². The van der Waals surface area contributed by atoms with E-state index in [4.69, 9.17) is 0 Å². The fourth-order valence-electron chi connectivity index (χ4n) is 3.56. The molecule has 1 nitrogen and oxygen atoms in total. The Morgan fingerprint density at radius 2 is 2.12 bits per heavy atom. The topological polar surface area (TPSA) is 20.2 Å². The number of rotatable bonds is 1. The second-order valence-electron chi connectivity index (χ2n) is 5.51. The third-order valence-electron chi connectivity index (χ3n) is 4.78. The molecule has 3 rings (SSSR count). The van der Waals surface area contributed by atoms with Gasteiger partial charge in [0.15, 0.2) is 0 Å². The van der Waals surface area contributed by atoms with E-state index in [2.05, 4.69) is 36.5 Å². The second kappa shape index (κ2) is 3.96. The highest BCUT2D eigenvalue weighted by molar-refractivity contribution is 8.21. The van der Waals surface area contributed by atoms with Crippen LogP contribution in [0.15, 0.2) is 11.6 Å². The Balaban J connectivity index is 1.91. The van der Waals surface area contributed by atoms with Gasteiger partial charge >= 0.3 is 0 Å². The van der Waals surface area contributed by atoms with Gasteiger partial charge in [0, 0.05) is 18.1 Å². The van der Waals surface area contributed by atoms with Crippen LogP contribution < -0.4 is 0 Å². The monoisotopic (exact) mass is 256 g/mol. The van der Waals surface area contributed by atoms with Crippen LogP contribution >= 0.6 is 23.5 Å². The molecule has 1 saturated carbocycles. The fourth-order valence-corrected chi connectivity index (χ4v) is 6.70. The van der Waals surface area contributed by atoms with Crippen molar-refractivity contribution in [2.75, 3.05) is 18.1 Å². The van der Waals surface area contributed by atoms with Crippen LogP contribution in [0.25, 0.3) is 0 Å². The van der Waals surface area contributed by atoms with Crippen LogP contribution in [-0.4, -0.2) is 27.3 Å². The molecule has 0 bridgehead atoms. The largest absolute Gasteiger partial charge is 0.396 e. The van der Waals surface area contributed by atoms with Gasteiger partial charge in [0.2, 0.25) is 0 Å². The molecular formula is C13H20OS2. The SMILES string of the molecule is C[C@]12CCC3(C=C1CC[C@@H]2CO)SCCS3. The average Bonchev–Trinajstić information content (AvgIpc) is 2.85. The van der Waals surface area contributed by atoms with E-state index in [0.717, 1.165) is 0 Å². The summed E-state index contributed by atoms with van der Waals surface area (Å²) < 4.78 is 0.416. The molecule has 1 spiro atoms. The summed E-state index contributed by atoms with van der Waals surface area (Å²) in [6.07, 6.45) is 7.59. The van der Waals surface area contributed by atoms with Gasteiger partial charge < -0.3 is 5.11 Å². The van der Waals surface area contributed by atoms with Gasteiger partial charge in [-0.15, -0.1) is 23.5 Å². The molecule has 90 valence electrons. The van der Waals surface area contributed by atoms with Crippen molar-refractivity contribution in [3.8, 4) is 0 Å². The average molecular weight is 256 g/mol. The van der Waals surface area contributed by atoms with Gasteiger partial charge in [0.05, 0.1) is 4.08 Å². The number of hydrogen-bond acceptors (Lipinski definition) is 3. The van der Waals surface area contributed by atoms with Crippen LogP contribution in [0.5, 0.6) is 0 Å². The summed E-state index contributed by atoms with van der Waals surface area (Å²) in [6, 6.07) is 0. The van der Waals surface area contributed by atoms with E-state index in [-0.39, 0.29) is 0 Å². The van der Waals surface area contributed by atoms with E-state index in [0.29, 0.717) is 22.0 Å². The fraction of sp³-hybridized carbons (Fsp3) is 0.846. The molecule has 0 amide bonds. The highest BCUT2D eigenvalue weighted by Crippen LogP contribution is 2.60. The zero-order valence-electron chi connectivity index (χ0n) is 9.87. The summed E-state index contributed by atoms with van der Waals surface area (Å²) in [4.78, 5) is 0. The third kappa shape index (κ3) is 1.58. The first-order valence-corrected chi connectivity index (χ1v) is 8.27. The summed E-state index contributed by atoms with van der Waals surface area (Å²) >= 11 is 4.29. The minimum absolute atomic E-state index is 0.323. The molecule has 1 heterocycles. The van der Waals surface area contributed by atoms with Crippen molar-refractivity contribution in [1.29, 1.82) is 0 Å². The standard InChI is InChI=1S/C13H20OS2/c1-12-4-5-13(15-6-7-16-13)8-10(12)2-3-11(12)9-14/h8,11,14H,2-7,9H2,1H3/t11-,12+/m1/s1. The number of aliphatic hydroxyl groups excluding tert-OH is 1. The lowest BCUT2D eigenvalue weighted by molar-refractivity contribution is 0.138. The van der Waals surface area contributed by atoms with Gasteiger partial charge in [-0.2, -0.15) is 0 Å². The van der Waals surface area contributed by atoms with Gasteiger partial charge in [-0.05, 0) is 37.0 Å². The van der Waals surface area contributed by atoms with E-state index in [9.17, 15) is 5.11 Å². The van der Waals surface area contributed by atoms with Crippen molar-refractivity contribution in [3.63, 3.8) is 0 Å². The number of allylic oxidation sites excluding steroid dienone is 1. The van der Waals surface area contributed by atoms with E-state index in [1.54, 1.807) is 5.57 Å². The van der Waals surface area contributed by atoms with Crippen LogP contribution in [0.4, 0.5) is 0 Å². The van der Waals surface area contributed by atoms with Crippen LogP contribution in [0.1, 0.15) is 32.6 Å². The third-order valence-corrected chi connectivity index (χ3v) is 8.18. The molecule has 3 heteroatoms. The van der Waals surface area contributed by atoms with E-state index in [1.165, 1.54) is 37.2 Å². The zero-order valence-corrected chi connectivity index (χ0v) is 11.5. The van der Waals surface area contributed by atoms with Crippen molar-refractivity contribution in [3.05, 3.63) is 11.6 Å². The maximum atomic E-state index is 9.49. The molecule has 0 aromatic carbocycles. The minimum atomic E-state index is 0.323. The lowest BCUT2D eigenvalue weighted by atomic mass is 9.70. The molecule has 1 N–H and O–H groups in total. The molecule has 0 radical (unpaired) electrons. The number of hydrogen-bond donors (Lipinski definition) is 1. The quantitative estimate of drug-likeness (QED) is 0.727. The summed E-state index contributed by atoms with van der Waals surface area (Å²) in [5.74, 6) is 3.15. The van der Waals surface area contributed by atoms with E-state index >= 15 is 0 Å². The Kier molecular flexibility index (Phi) is 2.84. The molecule has 2 fully saturated rings. The molecule has 0 aromatic rings. The van der Waals surface area contributed by atoms with Crippen molar-refractivity contribution in [2.45, 2.75) is 36.7 Å². The molecule has 0 aromatic heterocycles. The van der Waals surface area contributed by atoms with Crippen LogP contribution in [-0.2, 0) is 0 Å². The van der Waals surface area contributed by atoms with Gasteiger partial charge in [0.25, 0.3) is 0 Å². The first-order valence-electron chi connectivity index (χ1n) is 6.30. The number of fused-ring (bicyclic) bond motifs is 1. The van der Waals surface area contributed by atoms with Crippen LogP contribution in [0.2, 0.25) is 0 Å². The van der Waals surface area contributed by atoms with Crippen molar-refractivity contribution >= 4 is 23.5 Å². The van der Waals surface area contributed by atoms with Crippen molar-refractivity contribution in [1.82, 2.24) is 0 Å². The maximum absolute atomic E-state index is 9.49. The van der Waals surface area contributed by atoms with Gasteiger partial charge in [-0.3, -0.25) is 0 Å². The second-order valence-corrected chi connectivity index (χ2v) is 8.62. The summed E-state index contributed by atoms with van der Waals surface area (Å²) in [5.41, 5.74) is 1.98. The predicted molar refractivity (Wildman–Crippen MR) is 72.9 cm³/mol. The molecular weight excluding hydrogens is 236 g/mol. The Morgan fingerprint density at radius 1 is 1.38 bits per heavy atom. The minimum Gasteiger partial charge on any atom is -0.396 e. The van der Waals surface area contributed by atoms with Crippen molar-refractivity contribution < 1.29 is 5.11 Å². The maximum Gasteiger partial charge on any atom is 0.0795 e. The van der Waals surface area contributed by atoms with Gasteiger partial charge in [-0.1, -0.05) is 18.6 Å². The Morgan fingerprint density at radius 3 is 2.81 bits per heavy atom. The molecule has 3 aliphatic rings. The molecule has 16 heavy (non-hydrogen) atoms. The van der Waals surface area contributed by atoms with Crippen LogP contribution in [0, 0.1) is 11.3 Å². The molecule has 1 saturated heterocycles. The predicted octanol–water partition coefficient (Wildman–Crippen LogP) is 3.29. The first-order chi connectivity index (χ1) is 7.69. The lowest BCUT2D eigenvalue weighted by Crippen LogP contribution is -2.33. The number of aliphatic hydroxyl groups is 1. The molecule has 0 unspecified atom stereocenters. The van der Waals surface area contributed by atoms with E-state index < -0.39 is 0 Å². The Labute approximate surface area is 106 Å². The Hall–Kier alpha value is 0.400. The smallest absolute Gasteiger partial charge is 0.0795 e. The highest BCUT2D eigenvalue weighted by atomic mass is 32.2. The van der Waals surface area contributed by atoms with Gasteiger partial charge in [-0.25, -0.2) is 0 Å². The van der Waals surface area contributed by atoms with Gasteiger partial charge in [0.1, 0.15) is 0 Å². The zero-order chi connectivity index (χ0) is 11.2. The Bertz CT molecular complexity index is 320. The van der Waals surface area contributed by atoms with Crippen molar-refractivity contribution in [2.24, 2.45) is 11.3 Å². The summed E-state index contributed by atoms with van der Waals surface area (Å²) in [6.45, 7) is 2.75. The first kappa shape index (κ1) is 11.5. The molecule has 2 atom stereocenters. The number of thioether (sulfide) groups is 2. The summed E-state index contributed by atoms with van der Waals surface area (Å²) in [7, 11) is 0. The molecule has 2 aliphatic carbocycles. The van der Waals surface area contributed by atoms with Crippen LogP contribution in [0.3, 0.4) is 0 Å². The summed E-state index contributed by atoms with van der Waals surface area (Å²) in [5, 5.41) is 9.49. The molecule has 1 aliphatic heterocycles. The highest BCUT2D eigenvalue weighted by Gasteiger charge is 2.49.